The number of amides is 1. The van der Waals surface area contributed by atoms with Gasteiger partial charge < -0.3 is 20.0 Å². The topological polar surface area (TPSA) is 76.9 Å². The zero-order valence-electron chi connectivity index (χ0n) is 21.2. The fourth-order valence-electron chi connectivity index (χ4n) is 4.92. The van der Waals surface area contributed by atoms with Crippen LogP contribution in [-0.4, -0.2) is 53.4 Å². The zero-order valence-corrected chi connectivity index (χ0v) is 22.7. The Labute approximate surface area is 226 Å². The number of nitrogens with zero attached hydrogens (tertiary/aromatic N) is 3. The van der Waals surface area contributed by atoms with Crippen LogP contribution in [0.2, 0.25) is 10.0 Å². The standard InChI is InChI=1S/C28H30Cl2FN3O3/c1-16-7-20(31)5-6-23(16)24-12-26(34-14-22(36)11-21(34)15-35)32-13-25(24)33(4)27(37)28(2,3)17-8-18(29)10-19(30)9-17/h5-10,12-13,21-22,35-36H,11,14-15H2,1-4H3/t21-,22+/m0/s1. The summed E-state index contributed by atoms with van der Waals surface area (Å²) in [6.07, 6.45) is 1.45. The van der Waals surface area contributed by atoms with Crippen LogP contribution in [0.4, 0.5) is 15.9 Å². The van der Waals surface area contributed by atoms with Gasteiger partial charge in [0.25, 0.3) is 0 Å². The fraction of sp³-hybridized carbons (Fsp3) is 0.357. The van der Waals surface area contributed by atoms with Crippen LogP contribution in [0.3, 0.4) is 0 Å². The monoisotopic (exact) mass is 545 g/mol. The van der Waals surface area contributed by atoms with Crippen LogP contribution < -0.4 is 9.80 Å². The van der Waals surface area contributed by atoms with E-state index in [-0.39, 0.29) is 24.4 Å². The van der Waals surface area contributed by atoms with Gasteiger partial charge in [-0.2, -0.15) is 0 Å². The Hall–Kier alpha value is -2.71. The molecule has 2 atom stereocenters. The number of benzene rings is 2. The van der Waals surface area contributed by atoms with Crippen molar-refractivity contribution in [3.63, 3.8) is 0 Å². The van der Waals surface area contributed by atoms with Crippen molar-refractivity contribution in [2.24, 2.45) is 0 Å². The Morgan fingerprint density at radius 1 is 1.16 bits per heavy atom. The minimum absolute atomic E-state index is 0.125. The van der Waals surface area contributed by atoms with E-state index >= 15 is 0 Å². The van der Waals surface area contributed by atoms with E-state index in [1.807, 2.05) is 11.0 Å². The molecular weight excluding hydrogens is 516 g/mol. The summed E-state index contributed by atoms with van der Waals surface area (Å²) >= 11 is 12.4. The second-order valence-corrected chi connectivity index (χ2v) is 10.9. The minimum Gasteiger partial charge on any atom is -0.394 e. The maximum Gasteiger partial charge on any atom is 0.236 e. The molecule has 1 aliphatic rings. The second-order valence-electron chi connectivity index (χ2n) is 10.0. The summed E-state index contributed by atoms with van der Waals surface area (Å²) in [7, 11) is 1.67. The van der Waals surface area contributed by atoms with Crippen molar-refractivity contribution in [1.29, 1.82) is 0 Å². The van der Waals surface area contributed by atoms with E-state index in [9.17, 15) is 19.4 Å². The molecule has 0 radical (unpaired) electrons. The molecule has 1 aromatic heterocycles. The molecule has 6 nitrogen and oxygen atoms in total. The Bertz CT molecular complexity index is 1310. The first-order valence-corrected chi connectivity index (χ1v) is 12.7. The van der Waals surface area contributed by atoms with E-state index in [0.29, 0.717) is 51.2 Å². The normalized spacial score (nSPS) is 17.8. The Morgan fingerprint density at radius 2 is 1.84 bits per heavy atom. The third-order valence-electron chi connectivity index (χ3n) is 7.03. The van der Waals surface area contributed by atoms with Gasteiger partial charge in [-0.3, -0.25) is 4.79 Å². The molecule has 196 valence electrons. The smallest absolute Gasteiger partial charge is 0.236 e. The molecule has 1 amide bonds. The number of halogens is 3. The molecule has 0 aliphatic carbocycles. The molecule has 1 saturated heterocycles. The number of anilines is 2. The van der Waals surface area contributed by atoms with Crippen LogP contribution in [0, 0.1) is 12.7 Å². The van der Waals surface area contributed by atoms with Crippen molar-refractivity contribution in [3.8, 4) is 11.1 Å². The minimum atomic E-state index is -0.974. The molecule has 1 fully saturated rings. The lowest BCUT2D eigenvalue weighted by Gasteiger charge is -2.32. The number of aliphatic hydroxyl groups is 2. The van der Waals surface area contributed by atoms with Gasteiger partial charge in [-0.1, -0.05) is 29.3 Å². The maximum absolute atomic E-state index is 14.0. The fourth-order valence-corrected chi connectivity index (χ4v) is 5.44. The van der Waals surface area contributed by atoms with Gasteiger partial charge in [-0.05, 0) is 80.3 Å². The number of rotatable bonds is 6. The first-order valence-electron chi connectivity index (χ1n) is 12.0. The highest BCUT2D eigenvalue weighted by molar-refractivity contribution is 6.34. The molecule has 0 spiro atoms. The zero-order chi connectivity index (χ0) is 27.1. The van der Waals surface area contributed by atoms with Crippen molar-refractivity contribution in [2.75, 3.05) is 30.0 Å². The van der Waals surface area contributed by atoms with Gasteiger partial charge in [-0.25, -0.2) is 9.37 Å². The molecular formula is C28H30Cl2FN3O3. The molecule has 0 bridgehead atoms. The predicted octanol–water partition coefficient (Wildman–Crippen LogP) is 5.38. The van der Waals surface area contributed by atoms with Gasteiger partial charge in [0.15, 0.2) is 0 Å². The molecule has 0 saturated carbocycles. The number of pyridine rings is 1. The summed E-state index contributed by atoms with van der Waals surface area (Å²) in [5, 5.41) is 20.9. The first-order chi connectivity index (χ1) is 17.4. The number of hydrogen-bond donors (Lipinski definition) is 2. The third-order valence-corrected chi connectivity index (χ3v) is 7.47. The van der Waals surface area contributed by atoms with E-state index in [2.05, 4.69) is 4.98 Å². The van der Waals surface area contributed by atoms with Gasteiger partial charge in [0.1, 0.15) is 11.6 Å². The van der Waals surface area contributed by atoms with Crippen LogP contribution in [0.1, 0.15) is 31.4 Å². The number of β-amino-alcohol motifs (C(OH)–C–C–N with tert-alkyl or cyclic N) is 1. The largest absolute Gasteiger partial charge is 0.394 e. The predicted molar refractivity (Wildman–Crippen MR) is 146 cm³/mol. The molecule has 4 rings (SSSR count). The Balaban J connectivity index is 1.81. The Kier molecular flexibility index (Phi) is 7.81. The van der Waals surface area contributed by atoms with Crippen molar-refractivity contribution in [2.45, 2.75) is 44.8 Å². The number of likely N-dealkylation sites (N-methyl/N-ethyl adjacent to an activating group) is 1. The van der Waals surface area contributed by atoms with Crippen molar-refractivity contribution in [3.05, 3.63) is 75.7 Å². The molecule has 3 aromatic rings. The van der Waals surface area contributed by atoms with Crippen LogP contribution in [-0.2, 0) is 10.2 Å². The second kappa shape index (κ2) is 10.6. The first kappa shape index (κ1) is 27.3. The van der Waals surface area contributed by atoms with E-state index in [0.717, 1.165) is 5.56 Å². The lowest BCUT2D eigenvalue weighted by molar-refractivity contribution is -0.122. The lowest BCUT2D eigenvalue weighted by atomic mass is 9.83. The molecule has 2 heterocycles. The molecule has 1 aliphatic heterocycles. The van der Waals surface area contributed by atoms with Crippen molar-refractivity contribution >= 4 is 40.6 Å². The number of aryl methyl sites for hydroxylation is 1. The van der Waals surface area contributed by atoms with Crippen molar-refractivity contribution < 1.29 is 19.4 Å². The van der Waals surface area contributed by atoms with E-state index in [4.69, 9.17) is 23.2 Å². The summed E-state index contributed by atoms with van der Waals surface area (Å²) in [5.41, 5.74) is 2.34. The summed E-state index contributed by atoms with van der Waals surface area (Å²) in [5.74, 6) is -0.0190. The molecule has 9 heteroatoms. The number of aliphatic hydroxyl groups excluding tert-OH is 2. The third kappa shape index (κ3) is 5.46. The summed E-state index contributed by atoms with van der Waals surface area (Å²) in [6.45, 7) is 5.61. The van der Waals surface area contributed by atoms with Crippen molar-refractivity contribution in [1.82, 2.24) is 4.98 Å². The highest BCUT2D eigenvalue weighted by Crippen LogP contribution is 2.39. The maximum atomic E-state index is 14.0. The van der Waals surface area contributed by atoms with E-state index in [1.54, 1.807) is 58.3 Å². The number of carbonyl (C=O) groups excluding carboxylic acids is 1. The van der Waals surface area contributed by atoms with Gasteiger partial charge in [0.05, 0.1) is 36.1 Å². The average Bonchev–Trinajstić information content (AvgIpc) is 3.23. The van der Waals surface area contributed by atoms with Gasteiger partial charge >= 0.3 is 0 Å². The number of aromatic nitrogens is 1. The average molecular weight is 546 g/mol. The highest BCUT2D eigenvalue weighted by Gasteiger charge is 2.36. The number of hydrogen-bond acceptors (Lipinski definition) is 5. The number of carbonyl (C=O) groups is 1. The van der Waals surface area contributed by atoms with E-state index in [1.165, 1.54) is 17.0 Å². The summed E-state index contributed by atoms with van der Waals surface area (Å²) in [6, 6.07) is 11.1. The highest BCUT2D eigenvalue weighted by atomic mass is 35.5. The molecule has 2 N–H and O–H groups in total. The lowest BCUT2D eigenvalue weighted by Crippen LogP contribution is -2.42. The van der Waals surface area contributed by atoms with Gasteiger partial charge in [0, 0.05) is 29.2 Å². The van der Waals surface area contributed by atoms with Gasteiger partial charge in [-0.15, -0.1) is 0 Å². The van der Waals surface area contributed by atoms with Gasteiger partial charge in [0.2, 0.25) is 5.91 Å². The Morgan fingerprint density at radius 3 is 2.46 bits per heavy atom. The molecule has 0 unspecified atom stereocenters. The molecule has 2 aromatic carbocycles. The van der Waals surface area contributed by atoms with Crippen LogP contribution in [0.25, 0.3) is 11.1 Å². The summed E-state index contributed by atoms with van der Waals surface area (Å²) in [4.78, 5) is 21.9. The molecule has 37 heavy (non-hydrogen) atoms. The SMILES string of the molecule is Cc1cc(F)ccc1-c1cc(N2C[C@H](O)C[C@H]2CO)ncc1N(C)C(=O)C(C)(C)c1cc(Cl)cc(Cl)c1. The quantitative estimate of drug-likeness (QED) is 0.435. The van der Waals surface area contributed by atoms with Crippen LogP contribution in [0.5, 0.6) is 0 Å². The summed E-state index contributed by atoms with van der Waals surface area (Å²) < 4.78 is 14.0. The van der Waals surface area contributed by atoms with Crippen LogP contribution in [0.15, 0.2) is 48.7 Å². The van der Waals surface area contributed by atoms with Crippen LogP contribution >= 0.6 is 23.2 Å². The van der Waals surface area contributed by atoms with E-state index < -0.39 is 11.5 Å².